The molecule has 160 valence electrons. The average Bonchev–Trinajstić information content (AvgIpc) is 3.21. The SMILES string of the molecule is CC(C)[C@H](N)C(=O)OC[C@@]1(F)O[C@@](CO)(n2cnc3c(N)ncnc32)[C@H](O)[C@@H]1O. The zero-order valence-electron chi connectivity index (χ0n) is 15.8. The maximum atomic E-state index is 15.4. The number of nitrogens with two attached hydrogens (primary N) is 2. The van der Waals surface area contributed by atoms with Crippen molar-refractivity contribution in [3.63, 3.8) is 0 Å². The van der Waals surface area contributed by atoms with Crippen molar-refractivity contribution < 1.29 is 34.0 Å². The minimum Gasteiger partial charge on any atom is -0.458 e. The molecule has 29 heavy (non-hydrogen) atoms. The van der Waals surface area contributed by atoms with Gasteiger partial charge in [0.05, 0.1) is 12.9 Å². The summed E-state index contributed by atoms with van der Waals surface area (Å²) in [5.74, 6) is -4.20. The lowest BCUT2D eigenvalue weighted by atomic mass is 10.0. The van der Waals surface area contributed by atoms with Crippen molar-refractivity contribution in [1.29, 1.82) is 0 Å². The van der Waals surface area contributed by atoms with E-state index in [-0.39, 0.29) is 22.9 Å². The van der Waals surface area contributed by atoms with Gasteiger partial charge < -0.3 is 36.3 Å². The average molecular weight is 414 g/mol. The van der Waals surface area contributed by atoms with Crippen LogP contribution in [-0.2, 0) is 20.0 Å². The number of carbonyl (C=O) groups is 1. The van der Waals surface area contributed by atoms with Gasteiger partial charge in [0.15, 0.2) is 18.1 Å². The molecule has 3 rings (SSSR count). The Morgan fingerprint density at radius 3 is 2.69 bits per heavy atom. The van der Waals surface area contributed by atoms with Gasteiger partial charge in [0, 0.05) is 0 Å². The van der Waals surface area contributed by atoms with Crippen LogP contribution in [0.4, 0.5) is 10.2 Å². The van der Waals surface area contributed by atoms with Gasteiger partial charge in [-0.1, -0.05) is 13.8 Å². The van der Waals surface area contributed by atoms with E-state index < -0.39 is 49.0 Å². The van der Waals surface area contributed by atoms with Crippen LogP contribution in [-0.4, -0.2) is 78.1 Å². The smallest absolute Gasteiger partial charge is 0.323 e. The summed E-state index contributed by atoms with van der Waals surface area (Å²) < 4.78 is 26.5. The number of carbonyl (C=O) groups excluding carboxylic acids is 1. The molecule has 3 heterocycles. The summed E-state index contributed by atoms with van der Waals surface area (Å²) in [6.07, 6.45) is -1.93. The van der Waals surface area contributed by atoms with Crippen LogP contribution in [0.25, 0.3) is 11.2 Å². The number of anilines is 1. The zero-order valence-corrected chi connectivity index (χ0v) is 15.8. The third-order valence-electron chi connectivity index (χ3n) is 4.95. The molecule has 0 aliphatic carbocycles. The fourth-order valence-electron chi connectivity index (χ4n) is 3.07. The molecular weight excluding hydrogens is 391 g/mol. The Kier molecular flexibility index (Phi) is 5.44. The lowest BCUT2D eigenvalue weighted by Gasteiger charge is -2.31. The van der Waals surface area contributed by atoms with E-state index in [4.69, 9.17) is 20.9 Å². The number of halogens is 1. The summed E-state index contributed by atoms with van der Waals surface area (Å²) in [6, 6.07) is -1.01. The van der Waals surface area contributed by atoms with Gasteiger partial charge in [0.25, 0.3) is 5.85 Å². The second-order valence-electron chi connectivity index (χ2n) is 7.20. The van der Waals surface area contributed by atoms with Crippen molar-refractivity contribution >= 4 is 23.0 Å². The van der Waals surface area contributed by atoms with Gasteiger partial charge in [0.2, 0.25) is 5.72 Å². The van der Waals surface area contributed by atoms with Crippen LogP contribution < -0.4 is 11.5 Å². The number of hydrogen-bond donors (Lipinski definition) is 5. The molecule has 1 fully saturated rings. The van der Waals surface area contributed by atoms with Gasteiger partial charge in [-0.3, -0.25) is 9.36 Å². The van der Waals surface area contributed by atoms with Crippen LogP contribution in [0.1, 0.15) is 13.8 Å². The van der Waals surface area contributed by atoms with Crippen LogP contribution in [0.2, 0.25) is 0 Å². The van der Waals surface area contributed by atoms with Crippen LogP contribution in [0.15, 0.2) is 12.7 Å². The summed E-state index contributed by atoms with van der Waals surface area (Å²) in [6.45, 7) is 1.33. The molecule has 2 aromatic heterocycles. The lowest BCUT2D eigenvalue weighted by molar-refractivity contribution is -0.257. The fraction of sp³-hybridized carbons (Fsp3) is 0.625. The van der Waals surface area contributed by atoms with Gasteiger partial charge in [-0.15, -0.1) is 0 Å². The Balaban J connectivity index is 1.93. The van der Waals surface area contributed by atoms with Crippen LogP contribution in [0.3, 0.4) is 0 Å². The zero-order chi connectivity index (χ0) is 21.6. The lowest BCUT2D eigenvalue weighted by Crippen LogP contribution is -2.48. The topological polar surface area (TPSA) is 192 Å². The summed E-state index contributed by atoms with van der Waals surface area (Å²) in [7, 11) is 0. The van der Waals surface area contributed by atoms with Gasteiger partial charge in [-0.05, 0) is 5.92 Å². The molecule has 5 atom stereocenters. The summed E-state index contributed by atoms with van der Waals surface area (Å²) in [5.41, 5.74) is 9.31. The molecule has 2 aromatic rings. The number of hydrogen-bond acceptors (Lipinski definition) is 11. The number of ether oxygens (including phenoxy) is 2. The monoisotopic (exact) mass is 414 g/mol. The number of alkyl halides is 1. The Labute approximate surface area is 164 Å². The molecule has 0 unspecified atom stereocenters. The first-order chi connectivity index (χ1) is 13.6. The van der Waals surface area contributed by atoms with E-state index in [1.807, 2.05) is 0 Å². The molecule has 0 bridgehead atoms. The van der Waals surface area contributed by atoms with E-state index in [0.29, 0.717) is 0 Å². The highest BCUT2D eigenvalue weighted by Crippen LogP contribution is 2.44. The minimum atomic E-state index is -3.04. The Morgan fingerprint density at radius 1 is 1.38 bits per heavy atom. The Bertz CT molecular complexity index is 911. The summed E-state index contributed by atoms with van der Waals surface area (Å²) >= 11 is 0. The molecule has 0 aromatic carbocycles. The molecule has 13 heteroatoms. The second kappa shape index (κ2) is 7.42. The van der Waals surface area contributed by atoms with Crippen molar-refractivity contribution in [3.8, 4) is 0 Å². The standard InChI is InChI=1S/C16H23FN6O6/c1-7(2)8(18)14(27)28-4-15(17)10(25)11(26)16(3-24,29-15)23-6-22-9-12(19)20-5-21-13(9)23/h5-8,10-11,24-26H,3-4,18H2,1-2H3,(H2,19,20,21)/t8-,10-,11+,15+,16+/m0/s1. The van der Waals surface area contributed by atoms with Gasteiger partial charge in [-0.2, -0.15) is 0 Å². The first-order valence-electron chi connectivity index (χ1n) is 8.79. The number of aliphatic hydroxyl groups is 3. The highest BCUT2D eigenvalue weighted by atomic mass is 19.2. The molecule has 1 saturated heterocycles. The number of esters is 1. The van der Waals surface area contributed by atoms with Crippen molar-refractivity contribution in [2.45, 2.75) is 43.7 Å². The number of rotatable bonds is 6. The van der Waals surface area contributed by atoms with Gasteiger partial charge in [-0.25, -0.2) is 19.3 Å². The van der Waals surface area contributed by atoms with E-state index in [9.17, 15) is 20.1 Å². The minimum absolute atomic E-state index is 0.0120. The predicted octanol–water partition coefficient (Wildman–Crippen LogP) is -2.00. The predicted molar refractivity (Wildman–Crippen MR) is 95.5 cm³/mol. The first kappa shape index (κ1) is 21.3. The molecule has 1 aliphatic rings. The summed E-state index contributed by atoms with van der Waals surface area (Å²) in [4.78, 5) is 23.7. The number of nitrogens with zero attached hydrogens (tertiary/aromatic N) is 4. The third-order valence-corrected chi connectivity index (χ3v) is 4.95. The van der Waals surface area contributed by atoms with Crippen molar-refractivity contribution in [3.05, 3.63) is 12.7 Å². The Hall–Kier alpha value is -2.45. The molecule has 0 saturated carbocycles. The van der Waals surface area contributed by atoms with E-state index >= 15 is 4.39 Å². The van der Waals surface area contributed by atoms with E-state index in [1.165, 1.54) is 0 Å². The number of aromatic nitrogens is 4. The van der Waals surface area contributed by atoms with Crippen LogP contribution in [0, 0.1) is 5.92 Å². The van der Waals surface area contributed by atoms with Crippen molar-refractivity contribution in [2.24, 2.45) is 11.7 Å². The number of fused-ring (bicyclic) bond motifs is 1. The largest absolute Gasteiger partial charge is 0.458 e. The molecule has 12 nitrogen and oxygen atoms in total. The molecule has 0 spiro atoms. The van der Waals surface area contributed by atoms with E-state index in [0.717, 1.165) is 17.2 Å². The van der Waals surface area contributed by atoms with Gasteiger partial charge in [0.1, 0.15) is 30.1 Å². The third kappa shape index (κ3) is 3.30. The maximum Gasteiger partial charge on any atom is 0.323 e. The molecule has 7 N–H and O–H groups in total. The molecule has 0 amide bonds. The fourth-order valence-corrected chi connectivity index (χ4v) is 3.07. The normalized spacial score (nSPS) is 30.8. The quantitative estimate of drug-likeness (QED) is 0.328. The van der Waals surface area contributed by atoms with Crippen molar-refractivity contribution in [2.75, 3.05) is 18.9 Å². The van der Waals surface area contributed by atoms with Crippen LogP contribution in [0.5, 0.6) is 0 Å². The Morgan fingerprint density at radius 2 is 2.07 bits per heavy atom. The second-order valence-corrected chi connectivity index (χ2v) is 7.20. The first-order valence-corrected chi connectivity index (χ1v) is 8.79. The highest BCUT2D eigenvalue weighted by molar-refractivity contribution is 5.81. The molecule has 1 aliphatic heterocycles. The number of imidazole rings is 1. The summed E-state index contributed by atoms with van der Waals surface area (Å²) in [5, 5.41) is 30.8. The molecule has 0 radical (unpaired) electrons. The number of nitrogen functional groups attached to an aromatic ring is 1. The molecular formula is C16H23FN6O6. The maximum absolute atomic E-state index is 15.4. The van der Waals surface area contributed by atoms with Crippen LogP contribution >= 0.6 is 0 Å². The van der Waals surface area contributed by atoms with E-state index in [2.05, 4.69) is 15.0 Å². The van der Waals surface area contributed by atoms with Gasteiger partial charge >= 0.3 is 5.97 Å². The van der Waals surface area contributed by atoms with E-state index in [1.54, 1.807) is 13.8 Å². The van der Waals surface area contributed by atoms with Crippen molar-refractivity contribution in [1.82, 2.24) is 19.5 Å². The number of aliphatic hydroxyl groups excluding tert-OH is 3. The highest BCUT2D eigenvalue weighted by Gasteiger charge is 2.65.